The highest BCUT2D eigenvalue weighted by atomic mass is 16.5. The summed E-state index contributed by atoms with van der Waals surface area (Å²) in [5.74, 6) is 1.79. The molecule has 146 valence electrons. The zero-order valence-corrected chi connectivity index (χ0v) is 16.7. The fraction of sp³-hybridized carbons (Fsp3) is 0.789. The van der Waals surface area contributed by atoms with Crippen LogP contribution in [0.25, 0.3) is 0 Å². The molecular formula is C19H32N4O3. The van der Waals surface area contributed by atoms with Crippen LogP contribution in [0, 0.1) is 5.92 Å². The summed E-state index contributed by atoms with van der Waals surface area (Å²) in [7, 11) is 0. The second-order valence-electron chi connectivity index (χ2n) is 7.41. The maximum absolute atomic E-state index is 12.6. The summed E-state index contributed by atoms with van der Waals surface area (Å²) in [5, 5.41) is 4.00. The third kappa shape index (κ3) is 4.83. The van der Waals surface area contributed by atoms with E-state index in [-0.39, 0.29) is 29.7 Å². The van der Waals surface area contributed by atoms with Crippen LogP contribution in [0.5, 0.6) is 0 Å². The molecule has 1 fully saturated rings. The minimum atomic E-state index is 0.0272. The summed E-state index contributed by atoms with van der Waals surface area (Å²) in [6.45, 7) is 11.6. The van der Waals surface area contributed by atoms with Gasteiger partial charge in [0.1, 0.15) is 0 Å². The molecule has 2 rings (SSSR count). The van der Waals surface area contributed by atoms with E-state index in [9.17, 15) is 9.59 Å². The lowest BCUT2D eigenvalue weighted by molar-refractivity contribution is -0.136. The van der Waals surface area contributed by atoms with Crippen molar-refractivity contribution < 1.29 is 14.1 Å². The lowest BCUT2D eigenvalue weighted by Crippen LogP contribution is -2.43. The van der Waals surface area contributed by atoms with E-state index >= 15 is 0 Å². The van der Waals surface area contributed by atoms with Gasteiger partial charge in [0.05, 0.1) is 6.04 Å². The predicted octanol–water partition coefficient (Wildman–Crippen LogP) is 2.62. The number of rotatable bonds is 8. The Bertz CT molecular complexity index is 610. The minimum absolute atomic E-state index is 0.0272. The highest BCUT2D eigenvalue weighted by Crippen LogP contribution is 2.21. The first-order chi connectivity index (χ1) is 12.4. The Morgan fingerprint density at radius 2 is 2.00 bits per heavy atom. The molecule has 1 aliphatic rings. The molecule has 26 heavy (non-hydrogen) atoms. The first-order valence-corrected chi connectivity index (χ1v) is 9.75. The van der Waals surface area contributed by atoms with Crippen molar-refractivity contribution in [3.8, 4) is 0 Å². The molecular weight excluding hydrogens is 332 g/mol. The van der Waals surface area contributed by atoms with Gasteiger partial charge in [0.15, 0.2) is 5.82 Å². The molecule has 1 aromatic heterocycles. The van der Waals surface area contributed by atoms with Crippen molar-refractivity contribution in [2.75, 3.05) is 19.6 Å². The molecule has 0 aliphatic carbocycles. The van der Waals surface area contributed by atoms with Crippen LogP contribution < -0.4 is 0 Å². The van der Waals surface area contributed by atoms with E-state index in [2.05, 4.69) is 24.0 Å². The fourth-order valence-corrected chi connectivity index (χ4v) is 3.51. The average molecular weight is 364 g/mol. The van der Waals surface area contributed by atoms with Crippen LogP contribution in [0.2, 0.25) is 0 Å². The molecule has 1 aliphatic heterocycles. The van der Waals surface area contributed by atoms with Crippen molar-refractivity contribution in [2.24, 2.45) is 5.92 Å². The lowest BCUT2D eigenvalue weighted by Gasteiger charge is -2.28. The molecule has 2 heterocycles. The molecule has 0 N–H and O–H groups in total. The molecule has 2 amide bonds. The molecule has 0 bridgehead atoms. The first-order valence-electron chi connectivity index (χ1n) is 9.75. The average Bonchev–Trinajstić information content (AvgIpc) is 3.25. The topological polar surface area (TPSA) is 79.5 Å². The summed E-state index contributed by atoms with van der Waals surface area (Å²) >= 11 is 0. The molecule has 7 heteroatoms. The van der Waals surface area contributed by atoms with E-state index in [0.29, 0.717) is 31.2 Å². The van der Waals surface area contributed by atoms with Gasteiger partial charge >= 0.3 is 0 Å². The number of carbonyl (C=O) groups is 2. The molecule has 7 nitrogen and oxygen atoms in total. The van der Waals surface area contributed by atoms with Gasteiger partial charge in [0.2, 0.25) is 17.7 Å². The van der Waals surface area contributed by atoms with E-state index in [1.807, 2.05) is 23.6 Å². The Morgan fingerprint density at radius 1 is 1.31 bits per heavy atom. The van der Waals surface area contributed by atoms with Crippen LogP contribution in [-0.2, 0) is 16.0 Å². The molecule has 1 atom stereocenters. The number of hydrogen-bond donors (Lipinski definition) is 0. The van der Waals surface area contributed by atoms with Gasteiger partial charge in [0.25, 0.3) is 0 Å². The van der Waals surface area contributed by atoms with Gasteiger partial charge in [-0.15, -0.1) is 0 Å². The van der Waals surface area contributed by atoms with Crippen molar-refractivity contribution in [1.29, 1.82) is 0 Å². The summed E-state index contributed by atoms with van der Waals surface area (Å²) < 4.78 is 5.23. The molecule has 0 saturated carbocycles. The SMILES string of the molecule is CCC(CC)C(=O)N1CCC(N(CCc2noc(C(C)C)n2)C(C)=O)C1. The highest BCUT2D eigenvalue weighted by Gasteiger charge is 2.33. The van der Waals surface area contributed by atoms with E-state index < -0.39 is 0 Å². The van der Waals surface area contributed by atoms with Crippen molar-refractivity contribution >= 4 is 11.8 Å². The van der Waals surface area contributed by atoms with E-state index in [1.165, 1.54) is 0 Å². The Labute approximate surface area is 156 Å². The molecule has 1 aromatic rings. The normalized spacial score (nSPS) is 17.3. The summed E-state index contributed by atoms with van der Waals surface area (Å²) in [6, 6.07) is 0.0716. The number of amides is 2. The van der Waals surface area contributed by atoms with E-state index in [0.717, 1.165) is 25.8 Å². The van der Waals surface area contributed by atoms with Crippen LogP contribution in [-0.4, -0.2) is 57.4 Å². The quantitative estimate of drug-likeness (QED) is 0.708. The Morgan fingerprint density at radius 3 is 2.54 bits per heavy atom. The monoisotopic (exact) mass is 364 g/mol. The van der Waals surface area contributed by atoms with Gasteiger partial charge in [-0.1, -0.05) is 32.9 Å². The third-order valence-corrected chi connectivity index (χ3v) is 5.21. The number of likely N-dealkylation sites (tertiary alicyclic amines) is 1. The zero-order chi connectivity index (χ0) is 19.3. The minimum Gasteiger partial charge on any atom is -0.340 e. The standard InChI is InChI=1S/C19H32N4O3/c1-6-15(7-2)19(25)22-10-8-16(12-22)23(14(5)24)11-9-17-20-18(13(3)4)26-21-17/h13,15-16H,6-12H2,1-5H3. The number of nitrogens with zero attached hydrogens (tertiary/aromatic N) is 4. The number of carbonyl (C=O) groups excluding carboxylic acids is 2. The Hall–Kier alpha value is -1.92. The van der Waals surface area contributed by atoms with Gasteiger partial charge in [0, 0.05) is 44.8 Å². The van der Waals surface area contributed by atoms with Crippen LogP contribution in [0.3, 0.4) is 0 Å². The summed E-state index contributed by atoms with van der Waals surface area (Å²) in [4.78, 5) is 32.9. The largest absolute Gasteiger partial charge is 0.340 e. The van der Waals surface area contributed by atoms with Crippen LogP contribution in [0.1, 0.15) is 71.5 Å². The predicted molar refractivity (Wildman–Crippen MR) is 98.5 cm³/mol. The summed E-state index contributed by atoms with van der Waals surface area (Å²) in [5.41, 5.74) is 0. The fourth-order valence-electron chi connectivity index (χ4n) is 3.51. The number of hydrogen-bond acceptors (Lipinski definition) is 5. The molecule has 1 saturated heterocycles. The smallest absolute Gasteiger partial charge is 0.229 e. The highest BCUT2D eigenvalue weighted by molar-refractivity contribution is 5.79. The number of aromatic nitrogens is 2. The van der Waals surface area contributed by atoms with E-state index in [1.54, 1.807) is 6.92 Å². The molecule has 0 radical (unpaired) electrons. The van der Waals surface area contributed by atoms with Gasteiger partial charge in [-0.2, -0.15) is 4.98 Å². The second kappa shape index (κ2) is 9.14. The zero-order valence-electron chi connectivity index (χ0n) is 16.7. The maximum atomic E-state index is 12.6. The third-order valence-electron chi connectivity index (χ3n) is 5.21. The van der Waals surface area contributed by atoms with Crippen molar-refractivity contribution in [3.05, 3.63) is 11.7 Å². The lowest BCUT2D eigenvalue weighted by atomic mass is 10.0. The Balaban J connectivity index is 1.95. The first kappa shape index (κ1) is 20.4. The van der Waals surface area contributed by atoms with Gasteiger partial charge in [-0.05, 0) is 19.3 Å². The molecule has 0 spiro atoms. The maximum Gasteiger partial charge on any atom is 0.229 e. The van der Waals surface area contributed by atoms with Gasteiger partial charge < -0.3 is 14.3 Å². The van der Waals surface area contributed by atoms with Crippen molar-refractivity contribution in [2.45, 2.75) is 72.3 Å². The molecule has 0 aromatic carbocycles. The van der Waals surface area contributed by atoms with Crippen LogP contribution >= 0.6 is 0 Å². The van der Waals surface area contributed by atoms with Crippen LogP contribution in [0.15, 0.2) is 4.52 Å². The van der Waals surface area contributed by atoms with Gasteiger partial charge in [-0.3, -0.25) is 9.59 Å². The van der Waals surface area contributed by atoms with Gasteiger partial charge in [-0.25, -0.2) is 0 Å². The summed E-state index contributed by atoms with van der Waals surface area (Å²) in [6.07, 6.45) is 3.12. The van der Waals surface area contributed by atoms with Crippen molar-refractivity contribution in [1.82, 2.24) is 19.9 Å². The van der Waals surface area contributed by atoms with Crippen molar-refractivity contribution in [3.63, 3.8) is 0 Å². The van der Waals surface area contributed by atoms with Crippen LogP contribution in [0.4, 0.5) is 0 Å². The Kier molecular flexibility index (Phi) is 7.17. The molecule has 1 unspecified atom stereocenters. The van der Waals surface area contributed by atoms with E-state index in [4.69, 9.17) is 4.52 Å². The second-order valence-corrected chi connectivity index (χ2v) is 7.41.